The monoisotopic (exact) mass is 272 g/mol. The number of ether oxygens (including phenoxy) is 1. The van der Waals surface area contributed by atoms with Crippen LogP contribution >= 0.6 is 11.8 Å². The van der Waals surface area contributed by atoms with Gasteiger partial charge in [-0.1, -0.05) is 13.8 Å². The van der Waals surface area contributed by atoms with Crippen LogP contribution in [0.1, 0.15) is 26.7 Å². The number of hydrogen-bond donors (Lipinski definition) is 0. The normalized spacial score (nSPS) is 26.0. The first-order valence-electron chi connectivity index (χ1n) is 7.21. The summed E-state index contributed by atoms with van der Waals surface area (Å²) >= 11 is 1.92. The molecule has 0 amide bonds. The predicted molar refractivity (Wildman–Crippen MR) is 79.2 cm³/mol. The maximum atomic E-state index is 6.16. The lowest BCUT2D eigenvalue weighted by Crippen LogP contribution is -2.56. The molecule has 3 nitrogen and oxygen atoms in total. The molecule has 4 heteroatoms. The van der Waals surface area contributed by atoms with Crippen molar-refractivity contribution in [3.05, 3.63) is 0 Å². The molecule has 18 heavy (non-hydrogen) atoms. The van der Waals surface area contributed by atoms with Crippen LogP contribution in [0, 0.1) is 5.92 Å². The fourth-order valence-corrected chi connectivity index (χ4v) is 3.76. The molecule has 2 fully saturated rings. The third-order valence-electron chi connectivity index (χ3n) is 4.03. The Morgan fingerprint density at radius 2 is 1.89 bits per heavy atom. The summed E-state index contributed by atoms with van der Waals surface area (Å²) in [5.41, 5.74) is 0.168. The van der Waals surface area contributed by atoms with Gasteiger partial charge in [0.1, 0.15) is 0 Å². The van der Waals surface area contributed by atoms with E-state index in [0.717, 1.165) is 31.5 Å². The lowest BCUT2D eigenvalue weighted by Gasteiger charge is -2.47. The third kappa shape index (κ3) is 3.86. The van der Waals surface area contributed by atoms with E-state index in [9.17, 15) is 0 Å². The quantitative estimate of drug-likeness (QED) is 0.779. The molecule has 0 unspecified atom stereocenters. The molecule has 0 N–H and O–H groups in total. The van der Waals surface area contributed by atoms with Crippen LogP contribution < -0.4 is 0 Å². The van der Waals surface area contributed by atoms with Crippen LogP contribution in [0.3, 0.4) is 0 Å². The van der Waals surface area contributed by atoms with Crippen molar-refractivity contribution >= 4 is 11.8 Å². The van der Waals surface area contributed by atoms with Gasteiger partial charge in [-0.3, -0.25) is 4.90 Å². The van der Waals surface area contributed by atoms with E-state index in [0.29, 0.717) is 0 Å². The second-order valence-corrected chi connectivity index (χ2v) is 7.03. The van der Waals surface area contributed by atoms with Gasteiger partial charge in [0.15, 0.2) is 0 Å². The zero-order valence-corrected chi connectivity index (χ0v) is 13.0. The third-order valence-corrected chi connectivity index (χ3v) is 4.65. The smallest absolute Gasteiger partial charge is 0.0834 e. The molecule has 0 radical (unpaired) electrons. The number of thioether (sulfide) groups is 1. The highest BCUT2D eigenvalue weighted by molar-refractivity contribution is 7.98. The highest BCUT2D eigenvalue weighted by Gasteiger charge is 2.39. The molecule has 0 atom stereocenters. The Morgan fingerprint density at radius 3 is 2.50 bits per heavy atom. The lowest BCUT2D eigenvalue weighted by molar-refractivity contribution is -0.132. The highest BCUT2D eigenvalue weighted by atomic mass is 32.2. The second kappa shape index (κ2) is 6.60. The van der Waals surface area contributed by atoms with Gasteiger partial charge in [0.05, 0.1) is 12.2 Å². The molecule has 1 spiro atoms. The Labute approximate surface area is 116 Å². The first-order valence-corrected chi connectivity index (χ1v) is 8.60. The molecule has 2 saturated heterocycles. The van der Waals surface area contributed by atoms with E-state index in [1.54, 1.807) is 0 Å². The van der Waals surface area contributed by atoms with Crippen molar-refractivity contribution in [3.63, 3.8) is 0 Å². The van der Waals surface area contributed by atoms with E-state index in [1.165, 1.54) is 32.5 Å². The zero-order valence-electron chi connectivity index (χ0n) is 12.2. The molecule has 0 saturated carbocycles. The Kier molecular flexibility index (Phi) is 5.36. The summed E-state index contributed by atoms with van der Waals surface area (Å²) in [6.45, 7) is 11.5. The van der Waals surface area contributed by atoms with E-state index in [4.69, 9.17) is 4.74 Å². The number of piperidine rings is 1. The molecular weight excluding hydrogens is 244 g/mol. The fraction of sp³-hybridized carbons (Fsp3) is 1.00. The molecule has 0 aromatic heterocycles. The summed E-state index contributed by atoms with van der Waals surface area (Å²) in [6.07, 6.45) is 4.61. The molecule has 2 aliphatic heterocycles. The lowest BCUT2D eigenvalue weighted by atomic mass is 9.89. The molecule has 0 aromatic rings. The zero-order chi connectivity index (χ0) is 13.0. The van der Waals surface area contributed by atoms with Crippen molar-refractivity contribution in [2.45, 2.75) is 32.3 Å². The summed E-state index contributed by atoms with van der Waals surface area (Å²) in [5, 5.41) is 0. The van der Waals surface area contributed by atoms with Gasteiger partial charge in [-0.15, -0.1) is 11.8 Å². The minimum Gasteiger partial charge on any atom is -0.372 e. The summed E-state index contributed by atoms with van der Waals surface area (Å²) in [7, 11) is 0. The van der Waals surface area contributed by atoms with Crippen molar-refractivity contribution < 1.29 is 4.74 Å². The molecule has 0 aromatic carbocycles. The number of rotatable bonds is 4. The van der Waals surface area contributed by atoms with Crippen LogP contribution in [0.5, 0.6) is 0 Å². The standard InChI is InChI=1S/C14H28N2OS/c1-13(2)10-15-6-4-14(5-7-15)11-16(12-18-3)8-9-17-14/h13H,4-12H2,1-3H3. The summed E-state index contributed by atoms with van der Waals surface area (Å²) in [6, 6.07) is 0. The Hall–Kier alpha value is 0.230. The van der Waals surface area contributed by atoms with E-state index < -0.39 is 0 Å². The number of likely N-dealkylation sites (tertiary alicyclic amines) is 1. The average Bonchev–Trinajstić information content (AvgIpc) is 2.33. The molecule has 2 heterocycles. The van der Waals surface area contributed by atoms with E-state index >= 15 is 0 Å². The molecule has 106 valence electrons. The van der Waals surface area contributed by atoms with Crippen molar-refractivity contribution in [2.24, 2.45) is 5.92 Å². The number of hydrogen-bond acceptors (Lipinski definition) is 4. The van der Waals surface area contributed by atoms with Gasteiger partial charge in [-0.25, -0.2) is 0 Å². The van der Waals surface area contributed by atoms with Gasteiger partial charge in [0.25, 0.3) is 0 Å². The van der Waals surface area contributed by atoms with Crippen LogP contribution in [0.4, 0.5) is 0 Å². The van der Waals surface area contributed by atoms with Crippen molar-refractivity contribution in [1.29, 1.82) is 0 Å². The van der Waals surface area contributed by atoms with Crippen LogP contribution in [0.2, 0.25) is 0 Å². The van der Waals surface area contributed by atoms with E-state index in [2.05, 4.69) is 29.9 Å². The van der Waals surface area contributed by atoms with Crippen LogP contribution in [0.25, 0.3) is 0 Å². The van der Waals surface area contributed by atoms with Crippen molar-refractivity contribution in [2.75, 3.05) is 51.5 Å². The SMILES string of the molecule is CSCN1CCOC2(CCN(CC(C)C)CC2)C1. The predicted octanol–water partition coefficient (Wildman–Crippen LogP) is 2.13. The van der Waals surface area contributed by atoms with Crippen molar-refractivity contribution in [3.8, 4) is 0 Å². The Balaban J connectivity index is 1.83. The first kappa shape index (κ1) is 14.6. The Bertz CT molecular complexity index is 250. The minimum atomic E-state index is 0.168. The molecular formula is C14H28N2OS. The first-order chi connectivity index (χ1) is 8.63. The molecule has 0 aliphatic carbocycles. The van der Waals surface area contributed by atoms with Crippen LogP contribution in [-0.4, -0.2) is 66.9 Å². The fourth-order valence-electron chi connectivity index (χ4n) is 3.18. The number of nitrogens with zero attached hydrogens (tertiary/aromatic N) is 2. The maximum Gasteiger partial charge on any atom is 0.0834 e. The largest absolute Gasteiger partial charge is 0.372 e. The summed E-state index contributed by atoms with van der Waals surface area (Å²) in [4.78, 5) is 5.17. The van der Waals surface area contributed by atoms with Crippen molar-refractivity contribution in [1.82, 2.24) is 9.80 Å². The van der Waals surface area contributed by atoms with Gasteiger partial charge in [0.2, 0.25) is 0 Å². The van der Waals surface area contributed by atoms with Crippen LogP contribution in [0.15, 0.2) is 0 Å². The van der Waals surface area contributed by atoms with Gasteiger partial charge in [-0.2, -0.15) is 0 Å². The van der Waals surface area contributed by atoms with Crippen LogP contribution in [-0.2, 0) is 4.74 Å². The minimum absolute atomic E-state index is 0.168. The summed E-state index contributed by atoms with van der Waals surface area (Å²) < 4.78 is 6.16. The van der Waals surface area contributed by atoms with Gasteiger partial charge < -0.3 is 9.64 Å². The maximum absolute atomic E-state index is 6.16. The molecule has 0 bridgehead atoms. The topological polar surface area (TPSA) is 15.7 Å². The Morgan fingerprint density at radius 1 is 1.17 bits per heavy atom. The highest BCUT2D eigenvalue weighted by Crippen LogP contribution is 2.30. The van der Waals surface area contributed by atoms with Gasteiger partial charge in [-0.05, 0) is 25.0 Å². The molecule has 2 aliphatic rings. The molecule has 2 rings (SSSR count). The average molecular weight is 272 g/mol. The number of morpholine rings is 1. The van der Waals surface area contributed by atoms with Gasteiger partial charge in [0, 0.05) is 38.6 Å². The summed E-state index contributed by atoms with van der Waals surface area (Å²) in [5.74, 6) is 1.93. The van der Waals surface area contributed by atoms with E-state index in [1.807, 2.05) is 11.8 Å². The van der Waals surface area contributed by atoms with Gasteiger partial charge >= 0.3 is 0 Å². The van der Waals surface area contributed by atoms with E-state index in [-0.39, 0.29) is 5.60 Å². The second-order valence-electron chi connectivity index (χ2n) is 6.20.